The van der Waals surface area contributed by atoms with E-state index < -0.39 is 0 Å². The summed E-state index contributed by atoms with van der Waals surface area (Å²) >= 11 is 6.67. The summed E-state index contributed by atoms with van der Waals surface area (Å²) in [5, 5.41) is 0. The van der Waals surface area contributed by atoms with Gasteiger partial charge in [-0.2, -0.15) is 0 Å². The summed E-state index contributed by atoms with van der Waals surface area (Å²) in [6, 6.07) is 9.81. The molecule has 0 aliphatic carbocycles. The SMILES string of the molecule is CN(C)C(=S)SCCC(=O)C=Cc1ccccc1. The summed E-state index contributed by atoms with van der Waals surface area (Å²) in [4.78, 5) is 13.5. The molecule has 18 heavy (non-hydrogen) atoms. The van der Waals surface area contributed by atoms with E-state index in [0.717, 1.165) is 15.6 Å². The molecule has 1 rings (SSSR count). The van der Waals surface area contributed by atoms with Crippen LogP contribution in [0.2, 0.25) is 0 Å². The summed E-state index contributed by atoms with van der Waals surface area (Å²) in [7, 11) is 3.82. The molecular weight excluding hydrogens is 262 g/mol. The van der Waals surface area contributed by atoms with Crippen LogP contribution in [0.25, 0.3) is 6.08 Å². The number of carbonyl (C=O) groups excluding carboxylic acids is 1. The van der Waals surface area contributed by atoms with Crippen LogP contribution in [0.1, 0.15) is 12.0 Å². The fourth-order valence-electron chi connectivity index (χ4n) is 1.20. The van der Waals surface area contributed by atoms with Gasteiger partial charge in [0.05, 0.1) is 0 Å². The van der Waals surface area contributed by atoms with Crippen molar-refractivity contribution in [2.45, 2.75) is 6.42 Å². The number of thioether (sulfide) groups is 1. The van der Waals surface area contributed by atoms with E-state index in [2.05, 4.69) is 0 Å². The molecule has 0 saturated carbocycles. The Morgan fingerprint density at radius 3 is 2.61 bits per heavy atom. The predicted octanol–water partition coefficient (Wildman–Crippen LogP) is 3.24. The number of hydrogen-bond acceptors (Lipinski definition) is 3. The Labute approximate surface area is 118 Å². The number of ketones is 1. The van der Waals surface area contributed by atoms with Crippen LogP contribution in [0.3, 0.4) is 0 Å². The Morgan fingerprint density at radius 2 is 2.00 bits per heavy atom. The first-order chi connectivity index (χ1) is 8.59. The number of carbonyl (C=O) groups is 1. The molecule has 0 aliphatic heterocycles. The summed E-state index contributed by atoms with van der Waals surface area (Å²) in [6.07, 6.45) is 3.99. The molecule has 4 heteroatoms. The molecule has 0 unspecified atom stereocenters. The molecule has 96 valence electrons. The van der Waals surface area contributed by atoms with E-state index in [1.54, 1.807) is 6.08 Å². The number of rotatable bonds is 5. The summed E-state index contributed by atoms with van der Waals surface area (Å²) in [6.45, 7) is 0. The second-order valence-electron chi connectivity index (χ2n) is 3.97. The van der Waals surface area contributed by atoms with Crippen molar-refractivity contribution in [2.24, 2.45) is 0 Å². The summed E-state index contributed by atoms with van der Waals surface area (Å²) in [5.74, 6) is 0.863. The van der Waals surface area contributed by atoms with Gasteiger partial charge in [-0.15, -0.1) is 0 Å². The first-order valence-electron chi connectivity index (χ1n) is 5.69. The van der Waals surface area contributed by atoms with Crippen molar-refractivity contribution >= 4 is 40.2 Å². The highest BCUT2D eigenvalue weighted by molar-refractivity contribution is 8.22. The molecule has 0 amide bonds. The lowest BCUT2D eigenvalue weighted by Gasteiger charge is -2.11. The van der Waals surface area contributed by atoms with Gasteiger partial charge in [0.1, 0.15) is 4.32 Å². The Bertz CT molecular complexity index is 427. The molecular formula is C14H17NOS2. The highest BCUT2D eigenvalue weighted by atomic mass is 32.2. The van der Waals surface area contributed by atoms with Crippen LogP contribution in [0.5, 0.6) is 0 Å². The zero-order chi connectivity index (χ0) is 13.4. The first kappa shape index (κ1) is 14.9. The number of benzene rings is 1. The molecule has 0 N–H and O–H groups in total. The fourth-order valence-corrected chi connectivity index (χ4v) is 2.19. The van der Waals surface area contributed by atoms with Crippen LogP contribution in [0, 0.1) is 0 Å². The minimum Gasteiger partial charge on any atom is -0.364 e. The van der Waals surface area contributed by atoms with Crippen LogP contribution >= 0.6 is 24.0 Å². The van der Waals surface area contributed by atoms with Crippen LogP contribution in [-0.4, -0.2) is 34.9 Å². The Kier molecular flexibility index (Phi) is 6.68. The molecule has 1 aromatic carbocycles. The second kappa shape index (κ2) is 8.06. The van der Waals surface area contributed by atoms with Crippen LogP contribution in [0.15, 0.2) is 36.4 Å². The average Bonchev–Trinajstić information content (AvgIpc) is 2.37. The lowest BCUT2D eigenvalue weighted by molar-refractivity contribution is -0.114. The number of allylic oxidation sites excluding steroid dienone is 1. The maximum atomic E-state index is 11.6. The third-order valence-electron chi connectivity index (χ3n) is 2.20. The maximum Gasteiger partial charge on any atom is 0.156 e. The van der Waals surface area contributed by atoms with Crippen molar-refractivity contribution in [1.29, 1.82) is 0 Å². The first-order valence-corrected chi connectivity index (χ1v) is 7.09. The Hall–Kier alpha value is -1.13. The van der Waals surface area contributed by atoms with Gasteiger partial charge >= 0.3 is 0 Å². The maximum absolute atomic E-state index is 11.6. The minimum atomic E-state index is 0.132. The second-order valence-corrected chi connectivity index (χ2v) is 5.70. The van der Waals surface area contributed by atoms with Gasteiger partial charge in [-0.1, -0.05) is 60.4 Å². The smallest absolute Gasteiger partial charge is 0.156 e. The van der Waals surface area contributed by atoms with Gasteiger partial charge in [-0.3, -0.25) is 4.79 Å². The summed E-state index contributed by atoms with van der Waals surface area (Å²) in [5.41, 5.74) is 1.04. The minimum absolute atomic E-state index is 0.132. The Balaban J connectivity index is 2.30. The highest BCUT2D eigenvalue weighted by Crippen LogP contribution is 2.09. The van der Waals surface area contributed by atoms with Crippen molar-refractivity contribution in [1.82, 2.24) is 4.90 Å². The average molecular weight is 279 g/mol. The normalized spacial score (nSPS) is 10.6. The molecule has 1 aromatic rings. The lowest BCUT2D eigenvalue weighted by atomic mass is 10.2. The molecule has 0 bridgehead atoms. The zero-order valence-electron chi connectivity index (χ0n) is 10.6. The van der Waals surface area contributed by atoms with Crippen molar-refractivity contribution in [3.63, 3.8) is 0 Å². The van der Waals surface area contributed by atoms with Gasteiger partial charge in [0.15, 0.2) is 5.78 Å². The van der Waals surface area contributed by atoms with E-state index in [1.165, 1.54) is 11.8 Å². The molecule has 0 saturated heterocycles. The molecule has 0 heterocycles. The molecule has 0 spiro atoms. The van der Waals surface area contributed by atoms with Crippen LogP contribution in [0.4, 0.5) is 0 Å². The lowest BCUT2D eigenvalue weighted by Crippen LogP contribution is -2.16. The predicted molar refractivity (Wildman–Crippen MR) is 83.8 cm³/mol. The van der Waals surface area contributed by atoms with E-state index in [9.17, 15) is 4.79 Å². The topological polar surface area (TPSA) is 20.3 Å². The molecule has 0 aromatic heterocycles. The van der Waals surface area contributed by atoms with Crippen molar-refractivity contribution in [3.8, 4) is 0 Å². The standard InChI is InChI=1S/C14H17NOS2/c1-15(2)14(17)18-11-10-13(16)9-8-12-6-4-3-5-7-12/h3-9H,10-11H2,1-2H3. The van der Waals surface area contributed by atoms with E-state index in [1.807, 2.05) is 55.4 Å². The molecule has 0 fully saturated rings. The number of nitrogens with zero attached hydrogens (tertiary/aromatic N) is 1. The highest BCUT2D eigenvalue weighted by Gasteiger charge is 2.02. The van der Waals surface area contributed by atoms with Crippen LogP contribution in [-0.2, 0) is 4.79 Å². The third-order valence-corrected chi connectivity index (χ3v) is 3.94. The quantitative estimate of drug-likeness (QED) is 0.609. The van der Waals surface area contributed by atoms with E-state index in [0.29, 0.717) is 6.42 Å². The largest absolute Gasteiger partial charge is 0.364 e. The van der Waals surface area contributed by atoms with Crippen molar-refractivity contribution < 1.29 is 4.79 Å². The van der Waals surface area contributed by atoms with Gasteiger partial charge in [0.2, 0.25) is 0 Å². The third kappa shape index (κ3) is 5.98. The van der Waals surface area contributed by atoms with Crippen LogP contribution < -0.4 is 0 Å². The van der Waals surface area contributed by atoms with Gasteiger partial charge in [-0.05, 0) is 11.6 Å². The van der Waals surface area contributed by atoms with Gasteiger partial charge in [-0.25, -0.2) is 0 Å². The van der Waals surface area contributed by atoms with E-state index in [-0.39, 0.29) is 5.78 Å². The van der Waals surface area contributed by atoms with Crippen molar-refractivity contribution in [3.05, 3.63) is 42.0 Å². The number of thiocarbonyl (C=S) groups is 1. The van der Waals surface area contributed by atoms with E-state index in [4.69, 9.17) is 12.2 Å². The van der Waals surface area contributed by atoms with Gasteiger partial charge in [0.25, 0.3) is 0 Å². The van der Waals surface area contributed by atoms with Gasteiger partial charge in [0, 0.05) is 26.3 Å². The molecule has 0 radical (unpaired) electrons. The molecule has 0 atom stereocenters. The van der Waals surface area contributed by atoms with Crippen molar-refractivity contribution in [2.75, 3.05) is 19.8 Å². The molecule has 0 aliphatic rings. The molecule has 2 nitrogen and oxygen atoms in total. The number of hydrogen-bond donors (Lipinski definition) is 0. The van der Waals surface area contributed by atoms with E-state index >= 15 is 0 Å². The Morgan fingerprint density at radius 1 is 1.33 bits per heavy atom. The fraction of sp³-hybridized carbons (Fsp3) is 0.286. The zero-order valence-corrected chi connectivity index (χ0v) is 12.3. The monoisotopic (exact) mass is 279 g/mol. The summed E-state index contributed by atoms with van der Waals surface area (Å²) < 4.78 is 0.815. The van der Waals surface area contributed by atoms with Gasteiger partial charge < -0.3 is 4.90 Å².